The van der Waals surface area contributed by atoms with E-state index in [0.717, 1.165) is 11.1 Å². The summed E-state index contributed by atoms with van der Waals surface area (Å²) in [4.78, 5) is 81.7. The number of Topliss-reactive ketones (excluding diaryl/α,β-unsaturated/α-hetero) is 3. The van der Waals surface area contributed by atoms with E-state index in [1.807, 2.05) is 42.5 Å². The van der Waals surface area contributed by atoms with Crippen LogP contribution in [0.1, 0.15) is 97.2 Å². The molecule has 2 heterocycles. The maximum Gasteiger partial charge on any atom is 0.226 e. The number of likely N-dealkylation sites (N-methyl/N-ethyl adjacent to an activating group) is 1. The average molecular weight is 949 g/mol. The van der Waals surface area contributed by atoms with Crippen LogP contribution < -0.4 is 32.0 Å². The summed E-state index contributed by atoms with van der Waals surface area (Å²) in [7, 11) is 1.50. The number of ether oxygens (including phenoxy) is 2. The fraction of sp³-hybridized carbons (Fsp3) is 0.382. The Morgan fingerprint density at radius 1 is 0.871 bits per heavy atom. The molecule has 1 aliphatic rings. The van der Waals surface area contributed by atoms with Crippen LogP contribution in [0.25, 0.3) is 22.5 Å². The van der Waals surface area contributed by atoms with Gasteiger partial charge in [0, 0.05) is 86.0 Å². The van der Waals surface area contributed by atoms with Crippen molar-refractivity contribution in [2.24, 2.45) is 29.0 Å². The lowest BCUT2D eigenvalue weighted by molar-refractivity contribution is -0.142. The number of amides is 2. The standard InChI is InChI=1S/C55H64N8O7/c1-34-28-48(66)51(38-16-20-50(70-27-25-59)43(31-38)42-29-36(13-19-49(42)69-26-24-58)30-45(62-53(34)67)46(64)12-9-22-56)63(5)54(68)39(21-23-57)32-47(65)44-33-60-52(61-35(44)2)37-14-17-41(18-15-37)55(3,4)40-10-7-6-8-11-40/h6-8,10-11,13-20,29,31,33-34,39,45,51H,9,12,21,23-28,30,32,57-59H2,1-5H3,(H,62,67)/t34-,39-,45+,51+/m1/s1. The molecular weight excluding hydrogens is 885 g/mol. The van der Waals surface area contributed by atoms with Gasteiger partial charge in [-0.1, -0.05) is 87.5 Å². The van der Waals surface area contributed by atoms with Gasteiger partial charge in [-0.15, -0.1) is 0 Å². The SMILES string of the molecule is Cc1nc(-c2ccc(C(C)(C)c3ccccc3)cc2)ncc1C(=O)C[C@@H](CCN)C(=O)N(C)[C@@H]1C(=O)C[C@@H](C)C(=O)N[C@H](C(=O)CCC#N)Cc2ccc(OCCN)c(c2)-c2cc1ccc2OCCN. The molecule has 2 amide bonds. The predicted octanol–water partition coefficient (Wildman–Crippen LogP) is 6.37. The van der Waals surface area contributed by atoms with Gasteiger partial charge in [0.25, 0.3) is 0 Å². The van der Waals surface area contributed by atoms with Crippen LogP contribution >= 0.6 is 0 Å². The van der Waals surface area contributed by atoms with Crippen molar-refractivity contribution in [1.82, 2.24) is 20.2 Å². The van der Waals surface area contributed by atoms with Crippen LogP contribution in [0.5, 0.6) is 11.5 Å². The molecule has 15 heteroatoms. The average Bonchev–Trinajstić information content (AvgIpc) is 3.36. The maximum atomic E-state index is 14.8. The molecule has 15 nitrogen and oxygen atoms in total. The summed E-state index contributed by atoms with van der Waals surface area (Å²) in [6.07, 6.45) is 1.06. The summed E-state index contributed by atoms with van der Waals surface area (Å²) in [5.41, 5.74) is 23.5. The van der Waals surface area contributed by atoms with Crippen LogP contribution in [0.2, 0.25) is 0 Å². The maximum absolute atomic E-state index is 14.8. The van der Waals surface area contributed by atoms with Crippen LogP contribution in [-0.2, 0) is 31.0 Å². The Hall–Kier alpha value is -7.12. The van der Waals surface area contributed by atoms with Crippen molar-refractivity contribution in [3.05, 3.63) is 131 Å². The summed E-state index contributed by atoms with van der Waals surface area (Å²) < 4.78 is 12.3. The van der Waals surface area contributed by atoms with Crippen molar-refractivity contribution in [1.29, 1.82) is 5.26 Å². The van der Waals surface area contributed by atoms with Crippen molar-refractivity contribution in [2.75, 3.05) is 39.9 Å². The minimum atomic E-state index is -1.25. The van der Waals surface area contributed by atoms with Gasteiger partial charge in [0.2, 0.25) is 11.8 Å². The second-order valence-corrected chi connectivity index (χ2v) is 18.3. The zero-order valence-corrected chi connectivity index (χ0v) is 40.7. The highest BCUT2D eigenvalue weighted by atomic mass is 16.5. The molecule has 1 aromatic heterocycles. The van der Waals surface area contributed by atoms with Gasteiger partial charge >= 0.3 is 0 Å². The molecule has 4 bridgehead atoms. The molecule has 4 atom stereocenters. The number of benzene rings is 4. The number of nitrogens with one attached hydrogen (secondary N) is 1. The topological polar surface area (TPSA) is 247 Å². The first kappa shape index (κ1) is 52.3. The van der Waals surface area contributed by atoms with E-state index in [9.17, 15) is 29.2 Å². The summed E-state index contributed by atoms with van der Waals surface area (Å²) >= 11 is 0. The normalized spacial score (nSPS) is 16.5. The predicted molar refractivity (Wildman–Crippen MR) is 268 cm³/mol. The minimum Gasteiger partial charge on any atom is -0.492 e. The van der Waals surface area contributed by atoms with E-state index >= 15 is 0 Å². The third-order valence-electron chi connectivity index (χ3n) is 13.0. The first-order valence-electron chi connectivity index (χ1n) is 23.8. The number of nitriles is 1. The lowest BCUT2D eigenvalue weighted by Crippen LogP contribution is -2.46. The molecular formula is C55H64N8O7. The lowest BCUT2D eigenvalue weighted by Gasteiger charge is -2.32. The minimum absolute atomic E-state index is 0.0343. The highest BCUT2D eigenvalue weighted by molar-refractivity contribution is 6.00. The van der Waals surface area contributed by atoms with Crippen LogP contribution in [0.3, 0.4) is 0 Å². The van der Waals surface area contributed by atoms with E-state index in [1.54, 1.807) is 44.2 Å². The number of carbonyl (C=O) groups excluding carboxylic acids is 5. The first-order valence-corrected chi connectivity index (χ1v) is 23.8. The molecule has 0 aliphatic carbocycles. The van der Waals surface area contributed by atoms with Crippen LogP contribution in [0, 0.1) is 30.1 Å². The Bertz CT molecular complexity index is 2720. The number of nitrogens with two attached hydrogens (primary N) is 3. The largest absolute Gasteiger partial charge is 0.492 e. The molecule has 1 aliphatic heterocycles. The third kappa shape index (κ3) is 12.4. The number of fused-ring (bicyclic) bond motifs is 5. The third-order valence-corrected chi connectivity index (χ3v) is 13.0. The smallest absolute Gasteiger partial charge is 0.226 e. The van der Waals surface area contributed by atoms with E-state index in [-0.39, 0.29) is 93.9 Å². The fourth-order valence-electron chi connectivity index (χ4n) is 8.91. The van der Waals surface area contributed by atoms with E-state index in [2.05, 4.69) is 48.4 Å². The van der Waals surface area contributed by atoms with E-state index < -0.39 is 41.5 Å². The highest BCUT2D eigenvalue weighted by Crippen LogP contribution is 2.41. The molecule has 7 N–H and O–H groups in total. The molecule has 0 saturated heterocycles. The first-order chi connectivity index (χ1) is 33.6. The van der Waals surface area contributed by atoms with E-state index in [0.29, 0.717) is 45.3 Å². The molecule has 0 fully saturated rings. The van der Waals surface area contributed by atoms with Crippen molar-refractivity contribution >= 4 is 29.2 Å². The fourth-order valence-corrected chi connectivity index (χ4v) is 8.91. The molecule has 0 saturated carbocycles. The van der Waals surface area contributed by atoms with Crippen LogP contribution in [-0.4, -0.2) is 90.0 Å². The van der Waals surface area contributed by atoms with Gasteiger partial charge in [0.15, 0.2) is 23.2 Å². The Morgan fingerprint density at radius 3 is 2.14 bits per heavy atom. The van der Waals surface area contributed by atoms with Gasteiger partial charge in [-0.2, -0.15) is 5.26 Å². The lowest BCUT2D eigenvalue weighted by atomic mass is 9.78. The number of nitrogens with zero attached hydrogens (tertiary/aromatic N) is 4. The summed E-state index contributed by atoms with van der Waals surface area (Å²) in [5.74, 6) is -2.78. The highest BCUT2D eigenvalue weighted by Gasteiger charge is 2.36. The van der Waals surface area contributed by atoms with Gasteiger partial charge in [-0.25, -0.2) is 9.97 Å². The molecule has 0 unspecified atom stereocenters. The monoisotopic (exact) mass is 948 g/mol. The number of ketones is 3. The van der Waals surface area contributed by atoms with Gasteiger partial charge < -0.3 is 36.9 Å². The van der Waals surface area contributed by atoms with Crippen molar-refractivity contribution in [3.8, 4) is 40.1 Å². The van der Waals surface area contributed by atoms with Gasteiger partial charge in [-0.3, -0.25) is 24.0 Å². The van der Waals surface area contributed by atoms with Crippen molar-refractivity contribution in [3.63, 3.8) is 0 Å². The molecule has 4 aromatic carbocycles. The summed E-state index contributed by atoms with van der Waals surface area (Å²) in [6, 6.07) is 28.5. The number of hydrogen-bond donors (Lipinski definition) is 4. The Morgan fingerprint density at radius 2 is 1.51 bits per heavy atom. The molecule has 0 radical (unpaired) electrons. The Labute approximate surface area is 410 Å². The van der Waals surface area contributed by atoms with E-state index in [1.165, 1.54) is 23.7 Å². The number of rotatable bonds is 19. The number of aromatic nitrogens is 2. The molecule has 5 aromatic rings. The summed E-state index contributed by atoms with van der Waals surface area (Å²) in [6.45, 7) is 8.49. The van der Waals surface area contributed by atoms with Crippen LogP contribution in [0.4, 0.5) is 0 Å². The second kappa shape index (κ2) is 23.9. The Balaban J connectivity index is 1.34. The van der Waals surface area contributed by atoms with Crippen LogP contribution in [0.15, 0.2) is 97.2 Å². The van der Waals surface area contributed by atoms with Crippen molar-refractivity contribution in [2.45, 2.75) is 83.7 Å². The molecule has 366 valence electrons. The van der Waals surface area contributed by atoms with Gasteiger partial charge in [0.1, 0.15) is 30.8 Å². The number of carbonyl (C=O) groups is 5. The summed E-state index contributed by atoms with van der Waals surface area (Å²) in [5, 5.41) is 12.1. The van der Waals surface area contributed by atoms with Gasteiger partial charge in [0.05, 0.1) is 23.4 Å². The quantitative estimate of drug-likeness (QED) is 0.0659. The number of hydrogen-bond acceptors (Lipinski definition) is 13. The molecule has 70 heavy (non-hydrogen) atoms. The molecule has 0 spiro atoms. The van der Waals surface area contributed by atoms with Crippen molar-refractivity contribution < 1.29 is 33.4 Å². The van der Waals surface area contributed by atoms with E-state index in [4.69, 9.17) is 31.7 Å². The second-order valence-electron chi connectivity index (χ2n) is 18.3. The Kier molecular flexibility index (Phi) is 17.9. The zero-order chi connectivity index (χ0) is 50.5. The zero-order valence-electron chi connectivity index (χ0n) is 40.7. The molecule has 6 rings (SSSR count). The number of aryl methyl sites for hydroxylation is 1. The van der Waals surface area contributed by atoms with Gasteiger partial charge in [-0.05, 0) is 72.8 Å².